The number of hydrogen-bond donors (Lipinski definition) is 3. The lowest BCUT2D eigenvalue weighted by molar-refractivity contribution is -0.731. The van der Waals surface area contributed by atoms with Crippen molar-refractivity contribution in [3.63, 3.8) is 0 Å². The minimum Gasteiger partial charge on any atom is -0.504 e. The van der Waals surface area contributed by atoms with Crippen LogP contribution in [0.3, 0.4) is 0 Å². The Bertz CT molecular complexity index is 1130. The first kappa shape index (κ1) is 22.2. The number of hydrogen-bond acceptors (Lipinski definition) is 4. The summed E-state index contributed by atoms with van der Waals surface area (Å²) >= 11 is 3.29. The highest BCUT2D eigenvalue weighted by Gasteiger charge is 2.30. The van der Waals surface area contributed by atoms with E-state index in [1.165, 1.54) is 6.07 Å². The molecule has 0 saturated carbocycles. The second-order valence-electron chi connectivity index (χ2n) is 7.45. The first-order valence-corrected chi connectivity index (χ1v) is 11.2. The first-order chi connectivity index (χ1) is 15.5. The number of methoxy groups -OCH3 is 1. The van der Waals surface area contributed by atoms with Crippen molar-refractivity contribution in [2.75, 3.05) is 13.7 Å². The van der Waals surface area contributed by atoms with Crippen LogP contribution in [0.2, 0.25) is 0 Å². The molecule has 3 aromatic rings. The molecule has 7 heteroatoms. The fraction of sp³-hybridized carbons (Fsp3) is 0.200. The van der Waals surface area contributed by atoms with E-state index in [0.29, 0.717) is 16.8 Å². The lowest BCUT2D eigenvalue weighted by atomic mass is 9.97. The van der Waals surface area contributed by atoms with Crippen molar-refractivity contribution in [1.82, 2.24) is 5.32 Å². The molecule has 2 atom stereocenters. The molecule has 166 valence electrons. The van der Waals surface area contributed by atoms with Gasteiger partial charge in [-0.05, 0) is 83.0 Å². The Morgan fingerprint density at radius 1 is 1.12 bits per heavy atom. The Balaban J connectivity index is 1.76. The fourth-order valence-electron chi connectivity index (χ4n) is 3.83. The summed E-state index contributed by atoms with van der Waals surface area (Å²) < 4.78 is 25.1. The van der Waals surface area contributed by atoms with Crippen molar-refractivity contribution in [1.29, 1.82) is 0 Å². The molecule has 0 amide bonds. The summed E-state index contributed by atoms with van der Waals surface area (Å²) in [6, 6.07) is 18.1. The highest BCUT2D eigenvalue weighted by Crippen LogP contribution is 2.35. The van der Waals surface area contributed by atoms with Crippen molar-refractivity contribution < 1.29 is 24.3 Å². The van der Waals surface area contributed by atoms with Crippen molar-refractivity contribution in [2.24, 2.45) is 0 Å². The molecular formula is C25H25BrFN2O3+. The summed E-state index contributed by atoms with van der Waals surface area (Å²) in [7, 11) is 1.63. The van der Waals surface area contributed by atoms with Gasteiger partial charge in [-0.2, -0.15) is 0 Å². The van der Waals surface area contributed by atoms with Gasteiger partial charge in [0.15, 0.2) is 17.7 Å². The van der Waals surface area contributed by atoms with Crippen LogP contribution in [0.15, 0.2) is 71.2 Å². The second kappa shape index (κ2) is 9.63. The topological polar surface area (TPSA) is 67.3 Å². The number of phenols is 1. The number of para-hydroxylation sites is 1. The van der Waals surface area contributed by atoms with Crippen LogP contribution in [0.4, 0.5) is 4.39 Å². The van der Waals surface area contributed by atoms with E-state index in [1.54, 1.807) is 25.3 Å². The van der Waals surface area contributed by atoms with Gasteiger partial charge in [-0.1, -0.05) is 6.07 Å². The molecule has 0 saturated heterocycles. The SMILES string of the molecule is CCOc1cccc(C2C=C(c3ccc(OC)cc3)NC(c3ccc(F)c(Br)c3)[NH2+]2)c1O. The van der Waals surface area contributed by atoms with Crippen molar-refractivity contribution in [3.05, 3.63) is 93.7 Å². The van der Waals surface area contributed by atoms with Crippen LogP contribution in [-0.2, 0) is 0 Å². The summed E-state index contributed by atoms with van der Waals surface area (Å²) in [5.41, 5.74) is 3.54. The quantitative estimate of drug-likeness (QED) is 0.461. The number of nitrogens with two attached hydrogens (primary N) is 1. The van der Waals surface area contributed by atoms with Crippen molar-refractivity contribution in [2.45, 2.75) is 19.1 Å². The number of aromatic hydroxyl groups is 1. The maximum atomic E-state index is 13.8. The first-order valence-electron chi connectivity index (χ1n) is 10.4. The van der Waals surface area contributed by atoms with Crippen LogP contribution in [0, 0.1) is 5.82 Å². The Labute approximate surface area is 195 Å². The lowest BCUT2D eigenvalue weighted by Gasteiger charge is -2.30. The molecule has 0 radical (unpaired) electrons. The summed E-state index contributed by atoms with van der Waals surface area (Å²) in [6.45, 7) is 2.35. The molecule has 32 heavy (non-hydrogen) atoms. The maximum absolute atomic E-state index is 13.8. The van der Waals surface area contributed by atoms with E-state index in [9.17, 15) is 9.50 Å². The van der Waals surface area contributed by atoms with Crippen LogP contribution in [0.1, 0.15) is 35.8 Å². The van der Waals surface area contributed by atoms with Crippen molar-refractivity contribution in [3.8, 4) is 17.2 Å². The molecule has 0 aliphatic carbocycles. The number of rotatable bonds is 6. The molecule has 2 unspecified atom stereocenters. The smallest absolute Gasteiger partial charge is 0.186 e. The molecule has 0 fully saturated rings. The second-order valence-corrected chi connectivity index (χ2v) is 8.30. The third-order valence-corrected chi connectivity index (χ3v) is 6.06. The van der Waals surface area contributed by atoms with E-state index in [1.807, 2.05) is 43.3 Å². The standard InChI is InChI=1S/C25H24BrFN2O3/c1-3-32-23-6-4-5-18(24(23)30)22-14-21(15-7-10-17(31-2)11-8-15)28-25(29-22)16-9-12-20(27)19(26)13-16/h4-14,22,25,28-30H,3H2,1-2H3/p+1. The number of halogens is 2. The van der Waals surface area contributed by atoms with Gasteiger partial charge in [0.05, 0.1) is 23.8 Å². The van der Waals surface area contributed by atoms with Gasteiger partial charge >= 0.3 is 0 Å². The average Bonchev–Trinajstić information content (AvgIpc) is 2.82. The third kappa shape index (κ3) is 4.59. The molecule has 3 aromatic carbocycles. The zero-order chi connectivity index (χ0) is 22.7. The van der Waals surface area contributed by atoms with E-state index in [-0.39, 0.29) is 23.8 Å². The normalized spacial score (nSPS) is 17.9. The van der Waals surface area contributed by atoms with E-state index < -0.39 is 0 Å². The number of phenolic OH excluding ortho intramolecular Hbond substituents is 1. The molecule has 0 bridgehead atoms. The molecule has 0 spiro atoms. The molecule has 4 N–H and O–H groups in total. The lowest BCUT2D eigenvalue weighted by Crippen LogP contribution is -2.89. The van der Waals surface area contributed by atoms with Crippen LogP contribution < -0.4 is 20.1 Å². The zero-order valence-electron chi connectivity index (χ0n) is 17.8. The number of nitrogens with one attached hydrogen (secondary N) is 1. The predicted octanol–water partition coefficient (Wildman–Crippen LogP) is 4.65. The minimum atomic E-state index is -0.311. The van der Waals surface area contributed by atoms with Gasteiger partial charge in [-0.25, -0.2) is 4.39 Å². The fourth-order valence-corrected chi connectivity index (χ4v) is 4.23. The van der Waals surface area contributed by atoms with Gasteiger partial charge in [-0.3, -0.25) is 0 Å². The van der Waals surface area contributed by atoms with Gasteiger partial charge in [0.1, 0.15) is 17.6 Å². The van der Waals surface area contributed by atoms with Gasteiger partial charge < -0.3 is 25.2 Å². The Morgan fingerprint density at radius 2 is 1.91 bits per heavy atom. The van der Waals surface area contributed by atoms with Crippen LogP contribution in [0.5, 0.6) is 17.2 Å². The van der Waals surface area contributed by atoms with Crippen LogP contribution in [0.25, 0.3) is 5.70 Å². The molecular weight excluding hydrogens is 475 g/mol. The van der Waals surface area contributed by atoms with E-state index in [0.717, 1.165) is 28.1 Å². The van der Waals surface area contributed by atoms with E-state index in [4.69, 9.17) is 9.47 Å². The van der Waals surface area contributed by atoms with E-state index >= 15 is 0 Å². The summed E-state index contributed by atoms with van der Waals surface area (Å²) in [5.74, 6) is 1.04. The largest absolute Gasteiger partial charge is 0.504 e. The Morgan fingerprint density at radius 3 is 2.59 bits per heavy atom. The van der Waals surface area contributed by atoms with Gasteiger partial charge in [-0.15, -0.1) is 0 Å². The van der Waals surface area contributed by atoms with Gasteiger partial charge in [0.2, 0.25) is 0 Å². The molecule has 1 heterocycles. The summed E-state index contributed by atoms with van der Waals surface area (Å²) in [6.07, 6.45) is 1.87. The number of quaternary nitrogens is 1. The Hall–Kier alpha value is -3.03. The summed E-state index contributed by atoms with van der Waals surface area (Å²) in [4.78, 5) is 0. The van der Waals surface area contributed by atoms with Crippen LogP contribution >= 0.6 is 15.9 Å². The Kier molecular flexibility index (Phi) is 6.67. The summed E-state index contributed by atoms with van der Waals surface area (Å²) in [5, 5.41) is 16.5. The van der Waals surface area contributed by atoms with Crippen molar-refractivity contribution >= 4 is 21.6 Å². The van der Waals surface area contributed by atoms with Gasteiger partial charge in [0, 0.05) is 17.3 Å². The average molecular weight is 500 g/mol. The third-order valence-electron chi connectivity index (χ3n) is 5.45. The predicted molar refractivity (Wildman–Crippen MR) is 125 cm³/mol. The monoisotopic (exact) mass is 499 g/mol. The van der Waals surface area contributed by atoms with Crippen LogP contribution in [-0.4, -0.2) is 18.8 Å². The molecule has 1 aliphatic rings. The highest BCUT2D eigenvalue weighted by atomic mass is 79.9. The zero-order valence-corrected chi connectivity index (χ0v) is 19.4. The molecule has 1 aliphatic heterocycles. The molecule has 5 nitrogen and oxygen atoms in total. The number of ether oxygens (including phenoxy) is 2. The van der Waals surface area contributed by atoms with E-state index in [2.05, 4.69) is 32.6 Å². The minimum absolute atomic E-state index is 0.127. The number of benzene rings is 3. The molecule has 0 aromatic heterocycles. The highest BCUT2D eigenvalue weighted by molar-refractivity contribution is 9.10. The maximum Gasteiger partial charge on any atom is 0.186 e. The van der Waals surface area contributed by atoms with Gasteiger partial charge in [0.25, 0.3) is 0 Å². The molecule has 4 rings (SSSR count).